The van der Waals surface area contributed by atoms with Crippen molar-refractivity contribution in [3.63, 3.8) is 0 Å². The fourth-order valence-electron chi connectivity index (χ4n) is 1.81. The van der Waals surface area contributed by atoms with Crippen LogP contribution in [-0.4, -0.2) is 37.7 Å². The third-order valence-corrected chi connectivity index (χ3v) is 4.30. The molecule has 0 atom stereocenters. The third kappa shape index (κ3) is 4.69. The number of sulfonamides is 1. The lowest BCUT2D eigenvalue weighted by molar-refractivity contribution is 0.0945. The zero-order chi connectivity index (χ0) is 17.6. The summed E-state index contributed by atoms with van der Waals surface area (Å²) in [5.41, 5.74) is 2.96. The lowest BCUT2D eigenvalue weighted by Crippen LogP contribution is -2.41. The van der Waals surface area contributed by atoms with Crippen LogP contribution in [0.4, 0.5) is 5.69 Å². The van der Waals surface area contributed by atoms with Crippen LogP contribution in [0.1, 0.15) is 10.4 Å². The van der Waals surface area contributed by atoms with E-state index in [1.54, 1.807) is 12.1 Å². The molecule has 0 aliphatic heterocycles. The van der Waals surface area contributed by atoms with Crippen molar-refractivity contribution in [3.8, 4) is 5.75 Å². The van der Waals surface area contributed by atoms with E-state index in [2.05, 4.69) is 10.7 Å². The highest BCUT2D eigenvalue weighted by atomic mass is 32.2. The van der Waals surface area contributed by atoms with Crippen molar-refractivity contribution in [2.24, 2.45) is 0 Å². The average molecular weight is 351 g/mol. The van der Waals surface area contributed by atoms with Crippen LogP contribution in [0.15, 0.2) is 53.4 Å². The third-order valence-electron chi connectivity index (χ3n) is 3.03. The summed E-state index contributed by atoms with van der Waals surface area (Å²) in [4.78, 5) is 13.8. The monoisotopic (exact) mass is 351 g/mol. The predicted molar refractivity (Wildman–Crippen MR) is 87.9 cm³/mol. The smallest absolute Gasteiger partial charge is 0.266 e. The molecule has 0 aromatic heterocycles. The molecule has 0 fully saturated rings. The number of aliphatic hydroxyl groups is 1. The molecule has 2 rings (SSSR count). The van der Waals surface area contributed by atoms with Gasteiger partial charge < -0.3 is 15.5 Å². The summed E-state index contributed by atoms with van der Waals surface area (Å²) in [5, 5.41) is 20.8. The van der Waals surface area contributed by atoms with Crippen molar-refractivity contribution in [1.29, 1.82) is 0 Å². The van der Waals surface area contributed by atoms with Crippen LogP contribution in [-0.2, 0) is 10.0 Å². The van der Waals surface area contributed by atoms with Gasteiger partial charge in [-0.15, -0.1) is 4.83 Å². The van der Waals surface area contributed by atoms with Gasteiger partial charge in [0, 0.05) is 17.8 Å². The number of phenolic OH excluding ortho intramolecular Hbond substituents is 1. The van der Waals surface area contributed by atoms with Gasteiger partial charge in [0.05, 0.1) is 11.5 Å². The molecule has 0 heterocycles. The number of carbonyl (C=O) groups is 1. The lowest BCUT2D eigenvalue weighted by Gasteiger charge is -2.10. The van der Waals surface area contributed by atoms with E-state index in [0.29, 0.717) is 12.2 Å². The topological polar surface area (TPSA) is 128 Å². The number of nitrogens with one attached hydrogen (secondary N) is 3. The molecule has 0 unspecified atom stereocenters. The number of amides is 1. The van der Waals surface area contributed by atoms with Gasteiger partial charge in [-0.2, -0.15) is 0 Å². The maximum Gasteiger partial charge on any atom is 0.266 e. The van der Waals surface area contributed by atoms with Crippen molar-refractivity contribution in [2.75, 3.05) is 18.5 Å². The number of hydrogen-bond donors (Lipinski definition) is 5. The van der Waals surface area contributed by atoms with Crippen LogP contribution in [0.25, 0.3) is 0 Å². The summed E-state index contributed by atoms with van der Waals surface area (Å²) >= 11 is 0. The first-order valence-electron chi connectivity index (χ1n) is 6.98. The Hall–Kier alpha value is -2.62. The molecule has 2 aromatic rings. The summed E-state index contributed by atoms with van der Waals surface area (Å²) in [6.45, 7) is 0.317. The zero-order valence-corrected chi connectivity index (χ0v) is 13.4. The predicted octanol–water partition coefficient (Wildman–Crippen LogP) is 0.420. The Morgan fingerprint density at radius 3 is 2.21 bits per heavy atom. The van der Waals surface area contributed by atoms with Crippen molar-refractivity contribution in [1.82, 2.24) is 10.3 Å². The Morgan fingerprint density at radius 1 is 1.00 bits per heavy atom. The average Bonchev–Trinajstić information content (AvgIpc) is 2.59. The van der Waals surface area contributed by atoms with E-state index in [-0.39, 0.29) is 22.8 Å². The van der Waals surface area contributed by atoms with Gasteiger partial charge in [0.2, 0.25) is 0 Å². The first kappa shape index (κ1) is 17.7. The van der Waals surface area contributed by atoms with Gasteiger partial charge in [0.15, 0.2) is 0 Å². The standard InChI is InChI=1S/C15H17N3O5S/c19-10-9-16-12-3-7-14(8-4-12)24(22,23)18-17-15(21)11-1-5-13(20)6-2-11/h1-8,16,18-20H,9-10H2,(H,17,21). The molecule has 5 N–H and O–H groups in total. The summed E-state index contributed by atoms with van der Waals surface area (Å²) in [5.74, 6) is -0.651. The van der Waals surface area contributed by atoms with E-state index in [4.69, 9.17) is 10.2 Å². The molecule has 0 saturated carbocycles. The van der Waals surface area contributed by atoms with E-state index >= 15 is 0 Å². The Balaban J connectivity index is 2.00. The normalized spacial score (nSPS) is 11.0. The zero-order valence-electron chi connectivity index (χ0n) is 12.6. The summed E-state index contributed by atoms with van der Waals surface area (Å²) in [6, 6.07) is 11.2. The van der Waals surface area contributed by atoms with Crippen molar-refractivity contribution in [3.05, 3.63) is 54.1 Å². The number of aromatic hydroxyl groups is 1. The minimum atomic E-state index is -3.92. The molecule has 0 bridgehead atoms. The van der Waals surface area contributed by atoms with Crippen molar-refractivity contribution >= 4 is 21.6 Å². The Morgan fingerprint density at radius 2 is 1.62 bits per heavy atom. The Labute approximate surface area is 139 Å². The van der Waals surface area contributed by atoms with Crippen molar-refractivity contribution < 1.29 is 23.4 Å². The minimum Gasteiger partial charge on any atom is -0.508 e. The van der Waals surface area contributed by atoms with E-state index in [9.17, 15) is 13.2 Å². The number of aliphatic hydroxyl groups excluding tert-OH is 1. The van der Waals surface area contributed by atoms with Crippen LogP contribution in [0.3, 0.4) is 0 Å². The molecule has 2 aromatic carbocycles. The first-order chi connectivity index (χ1) is 11.4. The molecule has 0 saturated heterocycles. The van der Waals surface area contributed by atoms with Gasteiger partial charge >= 0.3 is 0 Å². The second kappa shape index (κ2) is 7.77. The number of hydrazine groups is 1. The number of phenols is 1. The highest BCUT2D eigenvalue weighted by Gasteiger charge is 2.15. The minimum absolute atomic E-state index is 0.00188. The number of rotatable bonds is 7. The molecule has 24 heavy (non-hydrogen) atoms. The molecule has 9 heteroatoms. The van der Waals surface area contributed by atoms with E-state index in [0.717, 1.165) is 0 Å². The van der Waals surface area contributed by atoms with Crippen LogP contribution in [0.2, 0.25) is 0 Å². The summed E-state index contributed by atoms with van der Waals surface area (Å²) in [7, 11) is -3.92. The van der Waals surface area contributed by atoms with Gasteiger partial charge in [0.1, 0.15) is 5.75 Å². The second-order valence-corrected chi connectivity index (χ2v) is 6.46. The van der Waals surface area contributed by atoms with Gasteiger partial charge in [-0.25, -0.2) is 8.42 Å². The molecule has 128 valence electrons. The maximum atomic E-state index is 12.1. The molecule has 1 amide bonds. The SMILES string of the molecule is O=C(NNS(=O)(=O)c1ccc(NCCO)cc1)c1ccc(O)cc1. The maximum absolute atomic E-state index is 12.1. The molecule has 0 aliphatic carbocycles. The van der Waals surface area contributed by atoms with Gasteiger partial charge in [-0.1, -0.05) is 0 Å². The highest BCUT2D eigenvalue weighted by molar-refractivity contribution is 7.89. The molecule has 0 spiro atoms. The lowest BCUT2D eigenvalue weighted by atomic mass is 10.2. The van der Waals surface area contributed by atoms with Gasteiger partial charge in [-0.05, 0) is 48.5 Å². The molecular weight excluding hydrogens is 334 g/mol. The summed E-state index contributed by atoms with van der Waals surface area (Å²) < 4.78 is 24.2. The van der Waals surface area contributed by atoms with Gasteiger partial charge in [0.25, 0.3) is 15.9 Å². The van der Waals surface area contributed by atoms with E-state index < -0.39 is 15.9 Å². The van der Waals surface area contributed by atoms with Crippen LogP contribution < -0.4 is 15.6 Å². The van der Waals surface area contributed by atoms with Gasteiger partial charge in [-0.3, -0.25) is 10.2 Å². The molecule has 8 nitrogen and oxygen atoms in total. The molecule has 0 aliphatic rings. The van der Waals surface area contributed by atoms with Crippen LogP contribution in [0, 0.1) is 0 Å². The fourth-order valence-corrected chi connectivity index (χ4v) is 2.65. The van der Waals surface area contributed by atoms with Crippen LogP contribution in [0.5, 0.6) is 5.75 Å². The highest BCUT2D eigenvalue weighted by Crippen LogP contribution is 2.13. The Kier molecular flexibility index (Phi) is 5.74. The fraction of sp³-hybridized carbons (Fsp3) is 0.133. The second-order valence-electron chi connectivity index (χ2n) is 4.78. The summed E-state index contributed by atoms with van der Waals surface area (Å²) in [6.07, 6.45) is 0. The Bertz CT molecular complexity index is 789. The first-order valence-corrected chi connectivity index (χ1v) is 8.46. The number of anilines is 1. The quantitative estimate of drug-likeness (QED) is 0.460. The number of benzene rings is 2. The number of carbonyl (C=O) groups excluding carboxylic acids is 1. The largest absolute Gasteiger partial charge is 0.508 e. The molecular formula is C15H17N3O5S. The van der Waals surface area contributed by atoms with E-state index in [1.807, 2.05) is 4.83 Å². The van der Waals surface area contributed by atoms with Crippen LogP contribution >= 0.6 is 0 Å². The van der Waals surface area contributed by atoms with E-state index in [1.165, 1.54) is 36.4 Å². The van der Waals surface area contributed by atoms with Crippen molar-refractivity contribution in [2.45, 2.75) is 4.90 Å². The number of hydrogen-bond acceptors (Lipinski definition) is 6. The molecule has 0 radical (unpaired) electrons.